The van der Waals surface area contributed by atoms with E-state index in [0.717, 1.165) is 5.56 Å². The molecule has 7 heteroatoms. The monoisotopic (exact) mass is 396 g/mol. The molecule has 0 aliphatic rings. The lowest BCUT2D eigenvalue weighted by Crippen LogP contribution is -2.16. The Bertz CT molecular complexity index is 745. The zero-order valence-electron chi connectivity index (χ0n) is 15.2. The standard InChI is InChI=1S/C19H22ClO5P/c1-13-6-5-7-15(20)18(13)19(21)26(25-11-10-22-2)17-9-8-14(23-3)12-16(17)24-4/h5-9,12H,10-11H2,1-4H3. The molecule has 2 rings (SSSR count). The molecule has 0 saturated carbocycles. The molecule has 0 fully saturated rings. The van der Waals surface area contributed by atoms with Gasteiger partial charge in [-0.05, 0) is 30.7 Å². The second kappa shape index (κ2) is 9.89. The van der Waals surface area contributed by atoms with Crippen molar-refractivity contribution >= 4 is 30.6 Å². The molecule has 0 amide bonds. The first-order chi connectivity index (χ1) is 12.5. The molecule has 1 atom stereocenters. The average Bonchev–Trinajstić information content (AvgIpc) is 2.64. The summed E-state index contributed by atoms with van der Waals surface area (Å²) in [5.74, 6) is 1.17. The van der Waals surface area contributed by atoms with Crippen LogP contribution in [0.5, 0.6) is 11.5 Å². The van der Waals surface area contributed by atoms with Gasteiger partial charge in [0.1, 0.15) is 19.6 Å². The Morgan fingerprint density at radius 3 is 2.46 bits per heavy atom. The molecule has 0 saturated heterocycles. The summed E-state index contributed by atoms with van der Waals surface area (Å²) in [6, 6.07) is 10.7. The highest BCUT2D eigenvalue weighted by Crippen LogP contribution is 2.45. The molecule has 0 aromatic heterocycles. The van der Waals surface area contributed by atoms with Crippen LogP contribution in [0.4, 0.5) is 0 Å². The van der Waals surface area contributed by atoms with Gasteiger partial charge in [-0.25, -0.2) is 0 Å². The minimum Gasteiger partial charge on any atom is -0.497 e. The van der Waals surface area contributed by atoms with Crippen LogP contribution in [-0.4, -0.2) is 40.1 Å². The molecule has 140 valence electrons. The highest BCUT2D eigenvalue weighted by Gasteiger charge is 2.29. The van der Waals surface area contributed by atoms with Gasteiger partial charge >= 0.3 is 0 Å². The molecule has 0 heterocycles. The lowest BCUT2D eigenvalue weighted by atomic mass is 10.1. The predicted octanol–water partition coefficient (Wildman–Crippen LogP) is 4.19. The van der Waals surface area contributed by atoms with Gasteiger partial charge in [0.05, 0.1) is 37.8 Å². The maximum Gasteiger partial charge on any atom is 0.218 e. The first-order valence-electron chi connectivity index (χ1n) is 7.97. The van der Waals surface area contributed by atoms with Crippen molar-refractivity contribution in [2.75, 3.05) is 34.5 Å². The van der Waals surface area contributed by atoms with E-state index in [1.807, 2.05) is 19.1 Å². The number of hydrogen-bond donors (Lipinski definition) is 0. The van der Waals surface area contributed by atoms with Crippen molar-refractivity contribution in [1.29, 1.82) is 0 Å². The molecule has 0 aliphatic carbocycles. The molecule has 2 aromatic rings. The van der Waals surface area contributed by atoms with Crippen LogP contribution in [0, 0.1) is 6.92 Å². The van der Waals surface area contributed by atoms with E-state index in [4.69, 9.17) is 30.3 Å². The van der Waals surface area contributed by atoms with Gasteiger partial charge in [-0.15, -0.1) is 0 Å². The quantitative estimate of drug-likeness (QED) is 0.470. The topological polar surface area (TPSA) is 54.0 Å². The number of hydrogen-bond acceptors (Lipinski definition) is 5. The SMILES string of the molecule is COCCOP(C(=O)c1c(C)cccc1Cl)c1ccc(OC)cc1OC. The highest BCUT2D eigenvalue weighted by atomic mass is 35.5. The van der Waals surface area contributed by atoms with E-state index >= 15 is 0 Å². The Labute approximate surface area is 160 Å². The van der Waals surface area contributed by atoms with E-state index in [1.54, 1.807) is 45.6 Å². The van der Waals surface area contributed by atoms with E-state index in [9.17, 15) is 4.79 Å². The van der Waals surface area contributed by atoms with E-state index in [1.165, 1.54) is 0 Å². The van der Waals surface area contributed by atoms with E-state index in [0.29, 0.717) is 34.0 Å². The molecule has 1 unspecified atom stereocenters. The highest BCUT2D eigenvalue weighted by molar-refractivity contribution is 7.78. The Morgan fingerprint density at radius 2 is 1.85 bits per heavy atom. The maximum atomic E-state index is 13.3. The summed E-state index contributed by atoms with van der Waals surface area (Å²) >= 11 is 6.30. The van der Waals surface area contributed by atoms with Crippen LogP contribution in [0.3, 0.4) is 0 Å². The fourth-order valence-electron chi connectivity index (χ4n) is 2.41. The van der Waals surface area contributed by atoms with Gasteiger partial charge in [0.25, 0.3) is 0 Å². The van der Waals surface area contributed by atoms with Gasteiger partial charge in [-0.3, -0.25) is 4.79 Å². The third-order valence-corrected chi connectivity index (χ3v) is 5.89. The summed E-state index contributed by atoms with van der Waals surface area (Å²) in [6.45, 7) is 2.52. The first kappa shape index (κ1) is 20.7. The molecular weight excluding hydrogens is 375 g/mol. The van der Waals surface area contributed by atoms with Gasteiger partial charge in [0, 0.05) is 18.7 Å². The minimum absolute atomic E-state index is 0.164. The number of carbonyl (C=O) groups excluding carboxylic acids is 1. The first-order valence-corrected chi connectivity index (χ1v) is 9.60. The third-order valence-electron chi connectivity index (χ3n) is 3.73. The van der Waals surface area contributed by atoms with Crippen molar-refractivity contribution in [2.45, 2.75) is 6.92 Å². The molecule has 2 aromatic carbocycles. The second-order valence-corrected chi connectivity index (χ2v) is 7.54. The number of carbonyl (C=O) groups is 1. The summed E-state index contributed by atoms with van der Waals surface area (Å²) in [6.07, 6.45) is 0. The molecule has 0 radical (unpaired) electrons. The van der Waals surface area contributed by atoms with Gasteiger partial charge < -0.3 is 18.7 Å². The van der Waals surface area contributed by atoms with Crippen molar-refractivity contribution in [2.24, 2.45) is 0 Å². The van der Waals surface area contributed by atoms with Crippen molar-refractivity contribution in [1.82, 2.24) is 0 Å². The molecule has 0 spiro atoms. The Kier molecular flexibility index (Phi) is 7.85. The maximum absolute atomic E-state index is 13.3. The normalized spacial score (nSPS) is 11.9. The van der Waals surface area contributed by atoms with Crippen LogP contribution in [0.15, 0.2) is 36.4 Å². The largest absolute Gasteiger partial charge is 0.497 e. The average molecular weight is 397 g/mol. The summed E-state index contributed by atoms with van der Waals surface area (Å²) in [5, 5.41) is 1.08. The predicted molar refractivity (Wildman–Crippen MR) is 104 cm³/mol. The zero-order valence-corrected chi connectivity index (χ0v) is 16.9. The van der Waals surface area contributed by atoms with Crippen LogP contribution < -0.4 is 14.8 Å². The summed E-state index contributed by atoms with van der Waals surface area (Å²) in [5.41, 5.74) is 1.11. The minimum atomic E-state index is -1.67. The Hall–Kier alpha value is -1.65. The van der Waals surface area contributed by atoms with E-state index < -0.39 is 8.15 Å². The van der Waals surface area contributed by atoms with Gasteiger partial charge in [-0.2, -0.15) is 0 Å². The Balaban J connectivity index is 2.48. The number of rotatable bonds is 9. The lowest BCUT2D eigenvalue weighted by molar-refractivity contribution is 0.105. The number of aryl methyl sites for hydroxylation is 1. The van der Waals surface area contributed by atoms with Crippen LogP contribution in [0.2, 0.25) is 5.02 Å². The molecule has 0 bridgehead atoms. The van der Waals surface area contributed by atoms with Gasteiger partial charge in [-0.1, -0.05) is 23.7 Å². The summed E-state index contributed by atoms with van der Waals surface area (Å²) in [4.78, 5) is 13.3. The number of ether oxygens (including phenoxy) is 3. The van der Waals surface area contributed by atoms with Gasteiger partial charge in [0.2, 0.25) is 5.52 Å². The van der Waals surface area contributed by atoms with E-state index in [2.05, 4.69) is 0 Å². The number of benzene rings is 2. The summed E-state index contributed by atoms with van der Waals surface area (Å²) in [7, 11) is 3.04. The molecule has 5 nitrogen and oxygen atoms in total. The van der Waals surface area contributed by atoms with Crippen LogP contribution in [-0.2, 0) is 9.26 Å². The van der Waals surface area contributed by atoms with E-state index in [-0.39, 0.29) is 12.1 Å². The molecule has 0 aliphatic heterocycles. The third kappa shape index (κ3) is 4.74. The number of halogens is 1. The van der Waals surface area contributed by atoms with Crippen molar-refractivity contribution in [3.63, 3.8) is 0 Å². The zero-order chi connectivity index (χ0) is 19.1. The van der Waals surface area contributed by atoms with Crippen molar-refractivity contribution < 1.29 is 23.5 Å². The summed E-state index contributed by atoms with van der Waals surface area (Å²) < 4.78 is 21.7. The smallest absolute Gasteiger partial charge is 0.218 e. The molecule has 0 N–H and O–H groups in total. The second-order valence-electron chi connectivity index (χ2n) is 5.40. The lowest BCUT2D eigenvalue weighted by Gasteiger charge is -2.21. The van der Waals surface area contributed by atoms with Crippen molar-refractivity contribution in [3.8, 4) is 11.5 Å². The molecular formula is C19H22ClO5P. The van der Waals surface area contributed by atoms with Crippen molar-refractivity contribution in [3.05, 3.63) is 52.5 Å². The molecule has 26 heavy (non-hydrogen) atoms. The van der Waals surface area contributed by atoms with Crippen LogP contribution in [0.1, 0.15) is 15.9 Å². The van der Waals surface area contributed by atoms with Gasteiger partial charge in [0.15, 0.2) is 0 Å². The fraction of sp³-hybridized carbons (Fsp3) is 0.316. The Morgan fingerprint density at radius 1 is 1.08 bits per heavy atom. The fourth-order valence-corrected chi connectivity index (χ4v) is 4.58. The van der Waals surface area contributed by atoms with Crippen LogP contribution in [0.25, 0.3) is 0 Å². The van der Waals surface area contributed by atoms with Crippen LogP contribution >= 0.6 is 19.7 Å². The number of methoxy groups -OCH3 is 3.